The van der Waals surface area contributed by atoms with Crippen molar-refractivity contribution in [2.45, 2.75) is 20.3 Å². The first-order valence-electron chi connectivity index (χ1n) is 3.49. The molecule has 0 aliphatic carbocycles. The van der Waals surface area contributed by atoms with Gasteiger partial charge < -0.3 is 0 Å². The third kappa shape index (κ3) is 3.34. The lowest BCUT2D eigenvalue weighted by molar-refractivity contribution is -0.115. The molecule has 0 atom stereocenters. The highest BCUT2D eigenvalue weighted by molar-refractivity contribution is 8.21. The van der Waals surface area contributed by atoms with Gasteiger partial charge in [0, 0.05) is 16.2 Å². The molecule has 0 aromatic heterocycles. The van der Waals surface area contributed by atoms with Crippen molar-refractivity contribution < 1.29 is 4.79 Å². The van der Waals surface area contributed by atoms with E-state index in [1.54, 1.807) is 23.5 Å². The normalized spacial score (nSPS) is 9.45. The monoisotopic (exact) mass is 190 g/mol. The fraction of sp³-hybridized carbons (Fsp3) is 0.625. The number of Topliss-reactive ketones (excluding diaryl/α,β-unsaturated/α-hetero) is 1. The maximum Gasteiger partial charge on any atom is 0.159 e. The number of allylic oxidation sites excluding steroid dienone is 1. The Morgan fingerprint density at radius 2 is 1.73 bits per heavy atom. The van der Waals surface area contributed by atoms with Crippen LogP contribution in [-0.4, -0.2) is 18.3 Å². The molecule has 64 valence electrons. The summed E-state index contributed by atoms with van der Waals surface area (Å²) in [6.45, 7) is 3.79. The summed E-state index contributed by atoms with van der Waals surface area (Å²) in [5.74, 6) is 0.253. The Bertz CT molecular complexity index is 167. The number of thioether (sulfide) groups is 2. The predicted molar refractivity (Wildman–Crippen MR) is 55.0 cm³/mol. The second-order valence-corrected chi connectivity index (χ2v) is 3.99. The van der Waals surface area contributed by atoms with Crippen molar-refractivity contribution in [3.05, 3.63) is 9.81 Å². The van der Waals surface area contributed by atoms with Crippen molar-refractivity contribution in [1.29, 1.82) is 0 Å². The second-order valence-electron chi connectivity index (χ2n) is 2.10. The fourth-order valence-corrected chi connectivity index (χ4v) is 2.28. The van der Waals surface area contributed by atoms with E-state index in [1.165, 1.54) is 0 Å². The van der Waals surface area contributed by atoms with Gasteiger partial charge in [-0.25, -0.2) is 0 Å². The van der Waals surface area contributed by atoms with Crippen molar-refractivity contribution >= 4 is 29.3 Å². The molecule has 0 aliphatic heterocycles. The minimum Gasteiger partial charge on any atom is -0.295 e. The quantitative estimate of drug-likeness (QED) is 0.634. The Balaban J connectivity index is 4.46. The van der Waals surface area contributed by atoms with Gasteiger partial charge in [0.15, 0.2) is 5.78 Å². The van der Waals surface area contributed by atoms with Gasteiger partial charge in [-0.15, -0.1) is 23.5 Å². The summed E-state index contributed by atoms with van der Waals surface area (Å²) in [4.78, 5) is 11.2. The van der Waals surface area contributed by atoms with Crippen LogP contribution in [0.4, 0.5) is 0 Å². The van der Waals surface area contributed by atoms with E-state index in [4.69, 9.17) is 0 Å². The van der Waals surface area contributed by atoms with E-state index in [0.717, 1.165) is 9.81 Å². The highest BCUT2D eigenvalue weighted by atomic mass is 32.2. The molecule has 11 heavy (non-hydrogen) atoms. The minimum absolute atomic E-state index is 0.253. The van der Waals surface area contributed by atoms with E-state index in [9.17, 15) is 4.79 Å². The predicted octanol–water partition coefficient (Wildman–Crippen LogP) is 2.92. The molecular weight excluding hydrogens is 176 g/mol. The fourth-order valence-electron chi connectivity index (χ4n) is 0.769. The van der Waals surface area contributed by atoms with E-state index >= 15 is 0 Å². The van der Waals surface area contributed by atoms with E-state index in [0.29, 0.717) is 6.42 Å². The maximum atomic E-state index is 11.2. The van der Waals surface area contributed by atoms with E-state index in [1.807, 2.05) is 26.4 Å². The van der Waals surface area contributed by atoms with Crippen molar-refractivity contribution in [2.75, 3.05) is 12.5 Å². The zero-order valence-corrected chi connectivity index (χ0v) is 9.06. The lowest BCUT2D eigenvalue weighted by Gasteiger charge is -2.03. The lowest BCUT2D eigenvalue weighted by Crippen LogP contribution is -1.97. The Hall–Kier alpha value is 0.110. The smallest absolute Gasteiger partial charge is 0.159 e. The molecule has 0 aromatic rings. The van der Waals surface area contributed by atoms with Gasteiger partial charge in [0.05, 0.1) is 0 Å². The highest BCUT2D eigenvalue weighted by Crippen LogP contribution is 2.27. The molecule has 0 fully saturated rings. The van der Waals surface area contributed by atoms with Gasteiger partial charge in [0.2, 0.25) is 0 Å². The van der Waals surface area contributed by atoms with Crippen LogP contribution in [-0.2, 0) is 4.79 Å². The largest absolute Gasteiger partial charge is 0.295 e. The summed E-state index contributed by atoms with van der Waals surface area (Å²) in [7, 11) is 0. The molecule has 1 nitrogen and oxygen atoms in total. The van der Waals surface area contributed by atoms with Gasteiger partial charge in [0.1, 0.15) is 0 Å². The number of hydrogen-bond acceptors (Lipinski definition) is 3. The summed E-state index contributed by atoms with van der Waals surface area (Å²) in [6.07, 6.45) is 4.60. The van der Waals surface area contributed by atoms with Crippen LogP contribution in [0.15, 0.2) is 9.81 Å². The van der Waals surface area contributed by atoms with Crippen molar-refractivity contribution in [1.82, 2.24) is 0 Å². The van der Waals surface area contributed by atoms with Crippen molar-refractivity contribution in [2.24, 2.45) is 0 Å². The van der Waals surface area contributed by atoms with Gasteiger partial charge in [-0.2, -0.15) is 0 Å². The molecule has 0 amide bonds. The third-order valence-corrected chi connectivity index (χ3v) is 3.77. The van der Waals surface area contributed by atoms with E-state index in [-0.39, 0.29) is 5.78 Å². The topological polar surface area (TPSA) is 17.1 Å². The zero-order valence-electron chi connectivity index (χ0n) is 7.43. The van der Waals surface area contributed by atoms with Crippen molar-refractivity contribution in [3.63, 3.8) is 0 Å². The summed E-state index contributed by atoms with van der Waals surface area (Å²) < 4.78 is 1.14. The molecule has 0 bridgehead atoms. The molecule has 0 saturated heterocycles. The number of rotatable bonds is 4. The van der Waals surface area contributed by atoms with Gasteiger partial charge in [0.25, 0.3) is 0 Å². The summed E-state index contributed by atoms with van der Waals surface area (Å²) in [6, 6.07) is 0. The first-order chi connectivity index (χ1) is 5.17. The molecule has 0 spiro atoms. The number of hydrogen-bond donors (Lipinski definition) is 0. The van der Waals surface area contributed by atoms with Crippen LogP contribution in [0.1, 0.15) is 20.3 Å². The molecular formula is C8H14OS2. The zero-order chi connectivity index (χ0) is 8.85. The first-order valence-corrected chi connectivity index (χ1v) is 5.94. The molecule has 0 rings (SSSR count). The second kappa shape index (κ2) is 5.72. The van der Waals surface area contributed by atoms with Gasteiger partial charge in [-0.3, -0.25) is 4.79 Å². The Labute approximate surface area is 77.0 Å². The standard InChI is InChI=1S/C8H14OS2/c1-5-7(9)6(2)8(10-3)11-4/h5H2,1-4H3. The van der Waals surface area contributed by atoms with Gasteiger partial charge in [-0.05, 0) is 19.4 Å². The molecule has 3 heteroatoms. The third-order valence-electron chi connectivity index (χ3n) is 1.42. The molecule has 0 aromatic carbocycles. The van der Waals surface area contributed by atoms with Crippen molar-refractivity contribution in [3.8, 4) is 0 Å². The summed E-state index contributed by atoms with van der Waals surface area (Å²) in [5.41, 5.74) is 0.910. The van der Waals surface area contributed by atoms with Crippen LogP contribution < -0.4 is 0 Å². The van der Waals surface area contributed by atoms with Crippen LogP contribution in [0.5, 0.6) is 0 Å². The van der Waals surface area contributed by atoms with E-state index in [2.05, 4.69) is 0 Å². The average molecular weight is 190 g/mol. The van der Waals surface area contributed by atoms with Crippen LogP contribution in [0.25, 0.3) is 0 Å². The summed E-state index contributed by atoms with van der Waals surface area (Å²) >= 11 is 3.29. The van der Waals surface area contributed by atoms with Gasteiger partial charge >= 0.3 is 0 Å². The number of carbonyl (C=O) groups is 1. The number of ketones is 1. The molecule has 0 heterocycles. The minimum atomic E-state index is 0.253. The highest BCUT2D eigenvalue weighted by Gasteiger charge is 2.06. The van der Waals surface area contributed by atoms with Crippen LogP contribution in [0.3, 0.4) is 0 Å². The number of carbonyl (C=O) groups excluding carboxylic acids is 1. The molecule has 0 aliphatic rings. The van der Waals surface area contributed by atoms with Crippen LogP contribution in [0, 0.1) is 0 Å². The first kappa shape index (κ1) is 11.1. The van der Waals surface area contributed by atoms with Crippen LogP contribution >= 0.6 is 23.5 Å². The Morgan fingerprint density at radius 3 is 2.00 bits per heavy atom. The van der Waals surface area contributed by atoms with Crippen LogP contribution in [0.2, 0.25) is 0 Å². The van der Waals surface area contributed by atoms with Gasteiger partial charge in [-0.1, -0.05) is 6.92 Å². The summed E-state index contributed by atoms with van der Waals surface area (Å²) in [5, 5.41) is 0. The SMILES string of the molecule is CCC(=O)C(C)=C(SC)SC. The molecule has 0 radical (unpaired) electrons. The van der Waals surface area contributed by atoms with E-state index < -0.39 is 0 Å². The molecule has 0 saturated carbocycles. The molecule has 0 unspecified atom stereocenters. The Kier molecular flexibility index (Phi) is 5.78. The maximum absolute atomic E-state index is 11.2. The average Bonchev–Trinajstić information content (AvgIpc) is 2.05. The Morgan fingerprint density at radius 1 is 1.27 bits per heavy atom. The lowest BCUT2D eigenvalue weighted by atomic mass is 10.2. The molecule has 0 N–H and O–H groups in total.